The van der Waals surface area contributed by atoms with Gasteiger partial charge in [0.1, 0.15) is 11.1 Å². The first kappa shape index (κ1) is 22.1. The Labute approximate surface area is 177 Å². The average molecular weight is 417 g/mol. The number of aliphatic hydroxyl groups is 1. The molecule has 2 heterocycles. The quantitative estimate of drug-likeness (QED) is 0.798. The maximum Gasteiger partial charge on any atom is 0.410 e. The molecule has 0 saturated carbocycles. The van der Waals surface area contributed by atoms with Crippen molar-refractivity contribution in [1.29, 1.82) is 0 Å². The van der Waals surface area contributed by atoms with Crippen LogP contribution in [0.5, 0.6) is 0 Å². The molecule has 1 aliphatic heterocycles. The molecule has 2 aromatic rings. The van der Waals surface area contributed by atoms with E-state index in [4.69, 9.17) is 4.74 Å². The molecule has 0 aliphatic carbocycles. The van der Waals surface area contributed by atoms with E-state index in [1.165, 1.54) is 0 Å². The van der Waals surface area contributed by atoms with Crippen molar-refractivity contribution in [2.45, 2.75) is 64.7 Å². The van der Waals surface area contributed by atoms with Gasteiger partial charge in [-0.3, -0.25) is 9.48 Å². The molecular weight excluding hydrogens is 384 g/mol. The van der Waals surface area contributed by atoms with Gasteiger partial charge in [0.25, 0.3) is 5.91 Å². The fourth-order valence-electron chi connectivity index (χ4n) is 3.46. The lowest BCUT2D eigenvalue weighted by molar-refractivity contribution is -0.0303. The summed E-state index contributed by atoms with van der Waals surface area (Å²) in [4.78, 5) is 26.6. The number of carbonyl (C=O) groups is 2. The lowest BCUT2D eigenvalue weighted by Gasteiger charge is -2.38. The number of aromatic nitrogens is 2. The smallest absolute Gasteiger partial charge is 0.410 e. The Morgan fingerprint density at radius 2 is 1.93 bits per heavy atom. The number of piperidine rings is 1. The van der Waals surface area contributed by atoms with Crippen LogP contribution >= 0.6 is 0 Å². The van der Waals surface area contributed by atoms with Gasteiger partial charge in [-0.2, -0.15) is 5.10 Å². The number of ether oxygens (including phenoxy) is 1. The molecule has 2 N–H and O–H groups in total. The Morgan fingerprint density at radius 1 is 1.27 bits per heavy atom. The van der Waals surface area contributed by atoms with Crippen LogP contribution in [0.25, 0.3) is 10.9 Å². The molecular formula is C22H32N4O4. The van der Waals surface area contributed by atoms with Crippen molar-refractivity contribution in [2.75, 3.05) is 19.6 Å². The highest BCUT2D eigenvalue weighted by Gasteiger charge is 2.35. The summed E-state index contributed by atoms with van der Waals surface area (Å²) in [5, 5.41) is 19.2. The summed E-state index contributed by atoms with van der Waals surface area (Å²) in [7, 11) is 0. The molecule has 2 amide bonds. The zero-order valence-corrected chi connectivity index (χ0v) is 18.4. The molecule has 1 aliphatic rings. The number of hydrogen-bond donors (Lipinski definition) is 2. The van der Waals surface area contributed by atoms with Gasteiger partial charge in [0.05, 0.1) is 11.2 Å². The normalized spacial score (nSPS) is 16.7. The minimum atomic E-state index is -1.06. The molecule has 0 atom stereocenters. The van der Waals surface area contributed by atoms with Crippen molar-refractivity contribution in [3.8, 4) is 0 Å². The standard InChI is InChI=1S/C22H32N4O4/c1-15(2)26-13-16-7-6-8-17(18(16)24-26)19(27)23-14-22(29)9-11-25(12-10-22)20(28)30-21(3,4)5/h6-8,13,15,29H,9-12,14H2,1-5H3,(H,23,27). The molecule has 0 radical (unpaired) electrons. The molecule has 1 aromatic heterocycles. The van der Waals surface area contributed by atoms with Gasteiger partial charge in [0.15, 0.2) is 0 Å². The summed E-state index contributed by atoms with van der Waals surface area (Å²) >= 11 is 0. The lowest BCUT2D eigenvalue weighted by atomic mass is 9.91. The number of nitrogens with zero attached hydrogens (tertiary/aromatic N) is 3. The summed E-state index contributed by atoms with van der Waals surface area (Å²) in [6.07, 6.45) is 2.30. The first-order valence-corrected chi connectivity index (χ1v) is 10.4. The Kier molecular flexibility index (Phi) is 6.08. The van der Waals surface area contributed by atoms with Crippen LogP contribution in [-0.4, -0.2) is 62.6 Å². The average Bonchev–Trinajstić information content (AvgIpc) is 3.10. The summed E-state index contributed by atoms with van der Waals surface area (Å²) in [6.45, 7) is 10.4. The lowest BCUT2D eigenvalue weighted by Crippen LogP contribution is -2.52. The highest BCUT2D eigenvalue weighted by molar-refractivity contribution is 6.05. The van der Waals surface area contributed by atoms with Crippen molar-refractivity contribution in [3.63, 3.8) is 0 Å². The Morgan fingerprint density at radius 3 is 2.53 bits per heavy atom. The maximum absolute atomic E-state index is 12.8. The van der Waals surface area contributed by atoms with Crippen LogP contribution in [0, 0.1) is 0 Å². The second kappa shape index (κ2) is 8.26. The van der Waals surface area contributed by atoms with Crippen LogP contribution in [0.1, 0.15) is 63.9 Å². The predicted octanol–water partition coefficient (Wildman–Crippen LogP) is 3.11. The topological polar surface area (TPSA) is 96.7 Å². The van der Waals surface area contributed by atoms with Crippen molar-refractivity contribution >= 4 is 22.9 Å². The summed E-state index contributed by atoms with van der Waals surface area (Å²) < 4.78 is 7.22. The van der Waals surface area contributed by atoms with Crippen LogP contribution in [0.4, 0.5) is 4.79 Å². The number of fused-ring (bicyclic) bond motifs is 1. The first-order valence-electron chi connectivity index (χ1n) is 10.4. The summed E-state index contributed by atoms with van der Waals surface area (Å²) in [6, 6.07) is 5.70. The third-order valence-electron chi connectivity index (χ3n) is 5.25. The van der Waals surface area contributed by atoms with Gasteiger partial charge in [-0.1, -0.05) is 12.1 Å². The highest BCUT2D eigenvalue weighted by Crippen LogP contribution is 2.24. The van der Waals surface area contributed by atoms with E-state index in [-0.39, 0.29) is 24.6 Å². The molecule has 30 heavy (non-hydrogen) atoms. The van der Waals surface area contributed by atoms with Gasteiger partial charge < -0.3 is 20.1 Å². The molecule has 1 aromatic carbocycles. The van der Waals surface area contributed by atoms with E-state index >= 15 is 0 Å². The van der Waals surface area contributed by atoms with Crippen LogP contribution < -0.4 is 5.32 Å². The summed E-state index contributed by atoms with van der Waals surface area (Å²) in [5.74, 6) is -0.266. The third kappa shape index (κ3) is 5.11. The van der Waals surface area contributed by atoms with Gasteiger partial charge in [-0.05, 0) is 53.5 Å². The van der Waals surface area contributed by atoms with Crippen molar-refractivity contribution in [2.24, 2.45) is 0 Å². The number of amides is 2. The molecule has 8 heteroatoms. The van der Waals surface area contributed by atoms with E-state index in [9.17, 15) is 14.7 Å². The van der Waals surface area contributed by atoms with Crippen LogP contribution in [0.2, 0.25) is 0 Å². The molecule has 1 saturated heterocycles. The van der Waals surface area contributed by atoms with Crippen LogP contribution in [-0.2, 0) is 4.74 Å². The van der Waals surface area contributed by atoms with Gasteiger partial charge in [-0.15, -0.1) is 0 Å². The Bertz CT molecular complexity index is 921. The SMILES string of the molecule is CC(C)n1cc2cccc(C(=O)NCC3(O)CCN(C(=O)OC(C)(C)C)CC3)c2n1. The number of likely N-dealkylation sites (tertiary alicyclic amines) is 1. The molecule has 0 spiro atoms. The predicted molar refractivity (Wildman–Crippen MR) is 114 cm³/mol. The minimum absolute atomic E-state index is 0.120. The number of benzene rings is 1. The van der Waals surface area contributed by atoms with Crippen LogP contribution in [0.15, 0.2) is 24.4 Å². The fraction of sp³-hybridized carbons (Fsp3) is 0.591. The Balaban J connectivity index is 1.60. The zero-order chi connectivity index (χ0) is 22.1. The maximum atomic E-state index is 12.8. The number of rotatable bonds is 4. The molecule has 0 unspecified atom stereocenters. The van der Waals surface area contributed by atoms with Gasteiger partial charge in [-0.25, -0.2) is 4.79 Å². The number of carbonyl (C=O) groups excluding carboxylic acids is 2. The van der Waals surface area contributed by atoms with E-state index in [1.807, 2.05) is 57.6 Å². The molecule has 3 rings (SSSR count). The second-order valence-corrected chi connectivity index (χ2v) is 9.32. The number of nitrogens with one attached hydrogen (secondary N) is 1. The Hall–Kier alpha value is -2.61. The van der Waals surface area contributed by atoms with Gasteiger partial charge >= 0.3 is 6.09 Å². The van der Waals surface area contributed by atoms with E-state index in [0.717, 1.165) is 5.39 Å². The monoisotopic (exact) mass is 416 g/mol. The zero-order valence-electron chi connectivity index (χ0n) is 18.4. The highest BCUT2D eigenvalue weighted by atomic mass is 16.6. The molecule has 164 valence electrons. The van der Waals surface area contributed by atoms with E-state index < -0.39 is 11.2 Å². The van der Waals surface area contributed by atoms with E-state index in [1.54, 1.807) is 11.0 Å². The van der Waals surface area contributed by atoms with Crippen LogP contribution in [0.3, 0.4) is 0 Å². The van der Waals surface area contributed by atoms with Crippen molar-refractivity contribution in [1.82, 2.24) is 20.0 Å². The van der Waals surface area contributed by atoms with Gasteiger partial charge in [0, 0.05) is 37.3 Å². The second-order valence-electron chi connectivity index (χ2n) is 9.32. The molecule has 1 fully saturated rings. The number of hydrogen-bond acceptors (Lipinski definition) is 5. The first-order chi connectivity index (χ1) is 14.0. The van der Waals surface area contributed by atoms with Crippen molar-refractivity contribution in [3.05, 3.63) is 30.0 Å². The summed E-state index contributed by atoms with van der Waals surface area (Å²) in [5.41, 5.74) is -0.473. The largest absolute Gasteiger partial charge is 0.444 e. The van der Waals surface area contributed by atoms with Gasteiger partial charge in [0.2, 0.25) is 0 Å². The molecule has 0 bridgehead atoms. The molecule has 8 nitrogen and oxygen atoms in total. The van der Waals surface area contributed by atoms with E-state index in [0.29, 0.717) is 37.0 Å². The van der Waals surface area contributed by atoms with Crippen molar-refractivity contribution < 1.29 is 19.4 Å². The third-order valence-corrected chi connectivity index (χ3v) is 5.25. The van der Waals surface area contributed by atoms with E-state index in [2.05, 4.69) is 10.4 Å². The fourth-order valence-corrected chi connectivity index (χ4v) is 3.46. The minimum Gasteiger partial charge on any atom is -0.444 e.